The molecule has 28 heavy (non-hydrogen) atoms. The number of carboxylic acid groups (broad SMARTS) is 1. The lowest BCUT2D eigenvalue weighted by Crippen LogP contribution is -2.44. The Morgan fingerprint density at radius 2 is 1.96 bits per heavy atom. The van der Waals surface area contributed by atoms with Crippen molar-refractivity contribution in [3.8, 4) is 0 Å². The SMILES string of the molecule is CC(=O)C1(O/N=C(\C(=O)O)c2csc(NC(=O)OC(C)(C)C)n2)CCOCC1. The average Bonchev–Trinajstić information content (AvgIpc) is 3.01. The minimum Gasteiger partial charge on any atom is -0.476 e. The van der Waals surface area contributed by atoms with Crippen LogP contribution < -0.4 is 5.32 Å². The van der Waals surface area contributed by atoms with Crippen molar-refractivity contribution >= 4 is 40.0 Å². The van der Waals surface area contributed by atoms with Crippen LogP contribution >= 0.6 is 11.3 Å². The van der Waals surface area contributed by atoms with Crippen molar-refractivity contribution in [3.63, 3.8) is 0 Å². The van der Waals surface area contributed by atoms with Crippen LogP contribution in [-0.2, 0) is 23.9 Å². The molecule has 10 nitrogen and oxygen atoms in total. The third-order valence-corrected chi connectivity index (χ3v) is 4.57. The number of nitrogens with zero attached hydrogens (tertiary/aromatic N) is 2. The molecule has 1 saturated heterocycles. The highest BCUT2D eigenvalue weighted by Gasteiger charge is 2.40. The molecule has 1 aromatic rings. The van der Waals surface area contributed by atoms with Crippen LogP contribution in [-0.4, -0.2) is 58.1 Å². The summed E-state index contributed by atoms with van der Waals surface area (Å²) in [4.78, 5) is 44.8. The first kappa shape index (κ1) is 21.8. The van der Waals surface area contributed by atoms with E-state index >= 15 is 0 Å². The number of aliphatic carboxylic acids is 1. The van der Waals surface area contributed by atoms with Gasteiger partial charge in [-0.2, -0.15) is 0 Å². The molecule has 0 saturated carbocycles. The van der Waals surface area contributed by atoms with Crippen molar-refractivity contribution in [1.82, 2.24) is 4.98 Å². The van der Waals surface area contributed by atoms with Crippen LogP contribution in [0.15, 0.2) is 10.5 Å². The van der Waals surface area contributed by atoms with E-state index in [9.17, 15) is 19.5 Å². The van der Waals surface area contributed by atoms with Gasteiger partial charge in [-0.1, -0.05) is 5.16 Å². The number of oxime groups is 1. The number of carbonyl (C=O) groups excluding carboxylic acids is 2. The summed E-state index contributed by atoms with van der Waals surface area (Å²) in [5.74, 6) is -1.63. The first-order valence-corrected chi connectivity index (χ1v) is 9.44. The zero-order valence-electron chi connectivity index (χ0n) is 16.1. The van der Waals surface area contributed by atoms with Gasteiger partial charge in [0.2, 0.25) is 5.71 Å². The molecule has 1 amide bonds. The van der Waals surface area contributed by atoms with Crippen LogP contribution in [0.4, 0.5) is 9.93 Å². The lowest BCUT2D eigenvalue weighted by molar-refractivity contribution is -0.156. The van der Waals surface area contributed by atoms with Gasteiger partial charge in [-0.05, 0) is 27.7 Å². The van der Waals surface area contributed by atoms with Crippen LogP contribution in [0.1, 0.15) is 46.2 Å². The Labute approximate surface area is 165 Å². The molecule has 1 aliphatic rings. The molecule has 0 aromatic carbocycles. The highest BCUT2D eigenvalue weighted by Crippen LogP contribution is 2.27. The molecule has 2 N–H and O–H groups in total. The van der Waals surface area contributed by atoms with Crippen molar-refractivity contribution in [2.75, 3.05) is 18.5 Å². The number of thiazole rings is 1. The van der Waals surface area contributed by atoms with Gasteiger partial charge in [0.25, 0.3) is 0 Å². The Hall–Kier alpha value is -2.53. The average molecular weight is 413 g/mol. The van der Waals surface area contributed by atoms with E-state index in [0.29, 0.717) is 13.2 Å². The molecule has 2 heterocycles. The van der Waals surface area contributed by atoms with Crippen LogP contribution in [0.3, 0.4) is 0 Å². The summed E-state index contributed by atoms with van der Waals surface area (Å²) in [5.41, 5.74) is -2.38. The number of hydrogen-bond acceptors (Lipinski definition) is 9. The third-order valence-electron chi connectivity index (χ3n) is 3.81. The molecule has 0 aliphatic carbocycles. The van der Waals surface area contributed by atoms with Gasteiger partial charge in [-0.25, -0.2) is 14.6 Å². The van der Waals surface area contributed by atoms with E-state index in [-0.39, 0.29) is 29.5 Å². The van der Waals surface area contributed by atoms with Crippen LogP contribution in [0.5, 0.6) is 0 Å². The summed E-state index contributed by atoms with van der Waals surface area (Å²) in [6, 6.07) is 0. The number of nitrogens with one attached hydrogen (secondary N) is 1. The van der Waals surface area contributed by atoms with Crippen molar-refractivity contribution in [3.05, 3.63) is 11.1 Å². The Morgan fingerprint density at radius 1 is 1.32 bits per heavy atom. The minimum atomic E-state index is -1.38. The first-order chi connectivity index (χ1) is 13.0. The lowest BCUT2D eigenvalue weighted by atomic mass is 9.90. The summed E-state index contributed by atoms with van der Waals surface area (Å²) in [6.07, 6.45) is -0.154. The van der Waals surface area contributed by atoms with E-state index in [1.165, 1.54) is 12.3 Å². The molecule has 0 radical (unpaired) electrons. The summed E-state index contributed by atoms with van der Waals surface area (Å²) in [7, 11) is 0. The fraction of sp³-hybridized carbons (Fsp3) is 0.588. The summed E-state index contributed by atoms with van der Waals surface area (Å²) in [6.45, 7) is 7.15. The highest BCUT2D eigenvalue weighted by molar-refractivity contribution is 7.14. The Bertz CT molecular complexity index is 776. The fourth-order valence-electron chi connectivity index (χ4n) is 2.37. The largest absolute Gasteiger partial charge is 0.476 e. The predicted octanol–water partition coefficient (Wildman–Crippen LogP) is 2.43. The molecule has 1 aromatic heterocycles. The van der Waals surface area contributed by atoms with Crippen LogP contribution in [0.25, 0.3) is 0 Å². The quantitative estimate of drug-likeness (QED) is 0.536. The number of rotatable bonds is 6. The number of Topliss-reactive ketones (excluding diaryl/α,β-unsaturated/α-hetero) is 1. The Balaban J connectivity index is 2.17. The zero-order valence-corrected chi connectivity index (χ0v) is 16.9. The molecule has 154 valence electrons. The maximum Gasteiger partial charge on any atom is 0.413 e. The van der Waals surface area contributed by atoms with Gasteiger partial charge in [0.1, 0.15) is 11.3 Å². The van der Waals surface area contributed by atoms with Gasteiger partial charge < -0.3 is 19.4 Å². The highest BCUT2D eigenvalue weighted by atomic mass is 32.1. The van der Waals surface area contributed by atoms with Gasteiger partial charge >= 0.3 is 12.1 Å². The molecule has 2 rings (SSSR count). The second-order valence-electron chi connectivity index (χ2n) is 7.16. The van der Waals surface area contributed by atoms with Crippen molar-refractivity contribution < 1.29 is 33.8 Å². The van der Waals surface area contributed by atoms with Gasteiger partial charge in [0, 0.05) is 18.2 Å². The van der Waals surface area contributed by atoms with Gasteiger partial charge in [0.15, 0.2) is 16.5 Å². The molecule has 1 fully saturated rings. The molecule has 0 spiro atoms. The van der Waals surface area contributed by atoms with Crippen LogP contribution in [0.2, 0.25) is 0 Å². The van der Waals surface area contributed by atoms with Gasteiger partial charge in [-0.3, -0.25) is 10.1 Å². The summed E-state index contributed by atoms with van der Waals surface area (Å²) >= 11 is 1.01. The molecule has 0 unspecified atom stereocenters. The number of amides is 1. The molecule has 0 bridgehead atoms. The van der Waals surface area contributed by atoms with E-state index in [1.54, 1.807) is 20.8 Å². The number of aromatic nitrogens is 1. The Morgan fingerprint density at radius 3 is 2.50 bits per heavy atom. The maximum absolute atomic E-state index is 12.0. The summed E-state index contributed by atoms with van der Waals surface area (Å²) in [5, 5.41) is 17.1. The molecule has 1 aliphatic heterocycles. The number of carbonyl (C=O) groups is 3. The van der Waals surface area contributed by atoms with E-state index in [4.69, 9.17) is 14.3 Å². The number of ketones is 1. The molecular formula is C17H23N3O7S. The molecule has 11 heteroatoms. The van der Waals surface area contributed by atoms with Gasteiger partial charge in [-0.15, -0.1) is 11.3 Å². The van der Waals surface area contributed by atoms with E-state index in [1.807, 2.05) is 0 Å². The number of carboxylic acids is 1. The standard InChI is InChI=1S/C17H23N3O7S/c1-10(21)17(5-7-25-8-6-17)27-20-12(13(22)23)11-9-28-14(18-11)19-15(24)26-16(2,3)4/h9H,5-8H2,1-4H3,(H,22,23)(H,18,19,24)/b20-12-. The fourth-order valence-corrected chi connectivity index (χ4v) is 3.05. The Kier molecular flexibility index (Phi) is 6.73. The first-order valence-electron chi connectivity index (χ1n) is 8.56. The second kappa shape index (κ2) is 8.65. The molecular weight excluding hydrogens is 390 g/mol. The monoisotopic (exact) mass is 413 g/mol. The van der Waals surface area contributed by atoms with Gasteiger partial charge in [0.05, 0.1) is 13.2 Å². The van der Waals surface area contributed by atoms with Crippen molar-refractivity contribution in [2.45, 2.75) is 51.7 Å². The normalized spacial score (nSPS) is 16.9. The second-order valence-corrected chi connectivity index (χ2v) is 8.02. The maximum atomic E-state index is 12.0. The zero-order chi connectivity index (χ0) is 20.9. The minimum absolute atomic E-state index is 0.00526. The van der Waals surface area contributed by atoms with E-state index in [2.05, 4.69) is 15.5 Å². The smallest absolute Gasteiger partial charge is 0.413 e. The number of anilines is 1. The lowest BCUT2D eigenvalue weighted by Gasteiger charge is -2.32. The number of hydrogen-bond donors (Lipinski definition) is 2. The third kappa shape index (κ3) is 5.73. The van der Waals surface area contributed by atoms with E-state index < -0.39 is 29.0 Å². The topological polar surface area (TPSA) is 136 Å². The summed E-state index contributed by atoms with van der Waals surface area (Å²) < 4.78 is 10.4. The van der Waals surface area contributed by atoms with Crippen molar-refractivity contribution in [2.24, 2.45) is 5.16 Å². The number of ether oxygens (including phenoxy) is 2. The van der Waals surface area contributed by atoms with Crippen molar-refractivity contribution in [1.29, 1.82) is 0 Å². The van der Waals surface area contributed by atoms with E-state index in [0.717, 1.165) is 11.3 Å². The molecule has 0 atom stereocenters. The predicted molar refractivity (Wildman–Crippen MR) is 101 cm³/mol. The van der Waals surface area contributed by atoms with Crippen LogP contribution in [0, 0.1) is 0 Å².